The number of hydrogen-bond acceptors (Lipinski definition) is 2. The molecule has 12 aromatic carbocycles. The number of fused-ring (bicyclic) bond motifs is 8. The lowest BCUT2D eigenvalue weighted by Gasteiger charge is -2.19. The fourth-order valence-corrected chi connectivity index (χ4v) is 11.2. The van der Waals surface area contributed by atoms with Crippen LogP contribution in [0, 0.1) is 0 Å². The van der Waals surface area contributed by atoms with Crippen LogP contribution in [0.2, 0.25) is 0 Å². The summed E-state index contributed by atoms with van der Waals surface area (Å²) in [6.45, 7) is 0. The zero-order valence-electron chi connectivity index (χ0n) is 38.7. The molecule has 2 heterocycles. The minimum Gasteiger partial charge on any atom is -0.309 e. The Kier molecular flexibility index (Phi) is 9.53. The fourth-order valence-electron chi connectivity index (χ4n) is 11.2. The van der Waals surface area contributed by atoms with Crippen molar-refractivity contribution in [2.75, 3.05) is 0 Å². The maximum absolute atomic E-state index is 5.33. The molecule has 0 saturated heterocycles. The highest BCUT2D eigenvalue weighted by Crippen LogP contribution is 2.47. The van der Waals surface area contributed by atoms with Gasteiger partial charge in [-0.25, -0.2) is 9.97 Å². The van der Waals surface area contributed by atoms with Crippen molar-refractivity contribution in [3.8, 4) is 73.0 Å². The molecular formula is C68H43N3. The maximum atomic E-state index is 5.33. The lowest BCUT2D eigenvalue weighted by atomic mass is 9.83. The average Bonchev–Trinajstić information content (AvgIpc) is 3.78. The maximum Gasteiger partial charge on any atom is 0.160 e. The van der Waals surface area contributed by atoms with E-state index >= 15 is 0 Å². The van der Waals surface area contributed by atoms with Crippen molar-refractivity contribution in [1.82, 2.24) is 14.5 Å². The normalized spacial score (nSPS) is 11.7. The van der Waals surface area contributed by atoms with Gasteiger partial charge in [-0.1, -0.05) is 224 Å². The van der Waals surface area contributed by atoms with Gasteiger partial charge in [0.2, 0.25) is 0 Å². The molecule has 3 nitrogen and oxygen atoms in total. The number of para-hydroxylation sites is 2. The molecule has 14 aromatic rings. The Bertz CT molecular complexity index is 4370. The third-order valence-electron chi connectivity index (χ3n) is 14.4. The SMILES string of the molecule is c1ccc(-c2nc(-c3ccc4c(c3)c3ccccc3n4-c3ccccc3)cc(-c3ccc(-c4ccc(-c5c6ccccc6c(-c6ccccc6)c6c5ccc5ccccc56)cc4)c4ccccc34)n2)cc1. The lowest BCUT2D eigenvalue weighted by molar-refractivity contribution is 1.18. The number of benzene rings is 12. The molecule has 0 bridgehead atoms. The molecule has 0 spiro atoms. The van der Waals surface area contributed by atoms with Gasteiger partial charge in [-0.2, -0.15) is 0 Å². The first-order valence-corrected chi connectivity index (χ1v) is 24.3. The standard InChI is InChI=1S/C68H43N3/c1-4-19-46(20-5-1)66-58-30-15-14-29-57(58)65(59-38-36-44-18-10-11-25-52(44)67(59)66)47-34-32-45(33-35-47)51-39-40-55(54-27-13-12-26-53(51)54)62-43-61(69-68(70-62)48-21-6-2-7-22-48)49-37-41-64-60(42-49)56-28-16-17-31-63(56)71(64)50-23-8-3-9-24-50/h1-43H. The van der Waals surface area contributed by atoms with E-state index < -0.39 is 0 Å². The lowest BCUT2D eigenvalue weighted by Crippen LogP contribution is -1.97. The zero-order chi connectivity index (χ0) is 46.8. The summed E-state index contributed by atoms with van der Waals surface area (Å²) in [5.41, 5.74) is 15.6. The van der Waals surface area contributed by atoms with Gasteiger partial charge in [-0.15, -0.1) is 0 Å². The van der Waals surface area contributed by atoms with E-state index in [0.717, 1.165) is 50.2 Å². The van der Waals surface area contributed by atoms with Crippen LogP contribution in [0.4, 0.5) is 0 Å². The van der Waals surface area contributed by atoms with E-state index in [1.54, 1.807) is 0 Å². The first kappa shape index (κ1) is 40.6. The largest absolute Gasteiger partial charge is 0.309 e. The highest BCUT2D eigenvalue weighted by Gasteiger charge is 2.21. The molecule has 0 unspecified atom stereocenters. The summed E-state index contributed by atoms with van der Waals surface area (Å²) < 4.78 is 2.35. The van der Waals surface area contributed by atoms with E-state index in [2.05, 4.69) is 259 Å². The fraction of sp³-hybridized carbons (Fsp3) is 0. The molecule has 0 atom stereocenters. The molecule has 0 aliphatic carbocycles. The second kappa shape index (κ2) is 16.7. The van der Waals surface area contributed by atoms with E-state index in [1.807, 2.05) is 6.07 Å². The zero-order valence-corrected chi connectivity index (χ0v) is 38.7. The molecule has 71 heavy (non-hydrogen) atoms. The summed E-state index contributed by atoms with van der Waals surface area (Å²) in [7, 11) is 0. The monoisotopic (exact) mass is 901 g/mol. The molecular weight excluding hydrogens is 859 g/mol. The molecule has 0 amide bonds. The van der Waals surface area contributed by atoms with Gasteiger partial charge in [0.15, 0.2) is 5.82 Å². The second-order valence-electron chi connectivity index (χ2n) is 18.4. The van der Waals surface area contributed by atoms with Crippen molar-refractivity contribution in [2.45, 2.75) is 0 Å². The summed E-state index contributed by atoms with van der Waals surface area (Å²) in [6.07, 6.45) is 0. The van der Waals surface area contributed by atoms with Crippen LogP contribution >= 0.6 is 0 Å². The number of nitrogens with zero attached hydrogens (tertiary/aromatic N) is 3. The Labute approximate surface area is 411 Å². The third-order valence-corrected chi connectivity index (χ3v) is 14.4. The number of rotatable bonds is 7. The van der Waals surface area contributed by atoms with Gasteiger partial charge in [0.05, 0.1) is 22.4 Å². The van der Waals surface area contributed by atoms with E-state index in [4.69, 9.17) is 9.97 Å². The molecule has 14 rings (SSSR count). The Hall–Kier alpha value is -9.44. The van der Waals surface area contributed by atoms with Crippen LogP contribution in [-0.4, -0.2) is 14.5 Å². The van der Waals surface area contributed by atoms with Crippen molar-refractivity contribution in [2.24, 2.45) is 0 Å². The van der Waals surface area contributed by atoms with Crippen molar-refractivity contribution < 1.29 is 0 Å². The molecule has 0 saturated carbocycles. The highest BCUT2D eigenvalue weighted by molar-refractivity contribution is 6.28. The minimum absolute atomic E-state index is 0.693. The Morgan fingerprint density at radius 1 is 0.268 bits per heavy atom. The Balaban J connectivity index is 0.905. The van der Waals surface area contributed by atoms with Crippen LogP contribution in [0.25, 0.3) is 138 Å². The molecule has 0 fully saturated rings. The number of hydrogen-bond donors (Lipinski definition) is 0. The van der Waals surface area contributed by atoms with Crippen LogP contribution in [0.1, 0.15) is 0 Å². The van der Waals surface area contributed by atoms with Crippen LogP contribution in [0.15, 0.2) is 261 Å². The van der Waals surface area contributed by atoms with Crippen molar-refractivity contribution in [1.29, 1.82) is 0 Å². The van der Waals surface area contributed by atoms with E-state index in [9.17, 15) is 0 Å². The van der Waals surface area contributed by atoms with Crippen LogP contribution in [-0.2, 0) is 0 Å². The van der Waals surface area contributed by atoms with Gasteiger partial charge in [-0.3, -0.25) is 0 Å². The first-order valence-electron chi connectivity index (χ1n) is 24.3. The van der Waals surface area contributed by atoms with Gasteiger partial charge < -0.3 is 4.57 Å². The van der Waals surface area contributed by atoms with Crippen LogP contribution in [0.5, 0.6) is 0 Å². The van der Waals surface area contributed by atoms with Crippen LogP contribution in [0.3, 0.4) is 0 Å². The van der Waals surface area contributed by atoms with Gasteiger partial charge in [-0.05, 0) is 113 Å². The molecule has 0 aliphatic rings. The average molecular weight is 902 g/mol. The minimum atomic E-state index is 0.693. The predicted molar refractivity (Wildman–Crippen MR) is 299 cm³/mol. The quantitative estimate of drug-likeness (QED) is 0.118. The highest BCUT2D eigenvalue weighted by atomic mass is 15.0. The Morgan fingerprint density at radius 3 is 1.54 bits per heavy atom. The molecule has 0 radical (unpaired) electrons. The van der Waals surface area contributed by atoms with Crippen molar-refractivity contribution >= 4 is 64.9 Å². The van der Waals surface area contributed by atoms with Gasteiger partial charge >= 0.3 is 0 Å². The molecule has 2 aromatic heterocycles. The smallest absolute Gasteiger partial charge is 0.160 e. The van der Waals surface area contributed by atoms with Crippen molar-refractivity contribution in [3.05, 3.63) is 261 Å². The van der Waals surface area contributed by atoms with Crippen LogP contribution < -0.4 is 0 Å². The molecule has 0 N–H and O–H groups in total. The van der Waals surface area contributed by atoms with E-state index in [1.165, 1.54) is 81.8 Å². The summed E-state index contributed by atoms with van der Waals surface area (Å²) >= 11 is 0. The van der Waals surface area contributed by atoms with E-state index in [-0.39, 0.29) is 0 Å². The summed E-state index contributed by atoms with van der Waals surface area (Å²) in [5.74, 6) is 0.693. The van der Waals surface area contributed by atoms with Gasteiger partial charge in [0.25, 0.3) is 0 Å². The molecule has 3 heteroatoms. The van der Waals surface area contributed by atoms with Gasteiger partial charge in [0, 0.05) is 33.2 Å². The second-order valence-corrected chi connectivity index (χ2v) is 18.4. The first-order chi connectivity index (χ1) is 35.2. The Morgan fingerprint density at radius 2 is 0.789 bits per heavy atom. The van der Waals surface area contributed by atoms with E-state index in [0.29, 0.717) is 5.82 Å². The summed E-state index contributed by atoms with van der Waals surface area (Å²) in [4.78, 5) is 10.6. The van der Waals surface area contributed by atoms with Gasteiger partial charge in [0.1, 0.15) is 0 Å². The third kappa shape index (κ3) is 6.74. The molecule has 0 aliphatic heterocycles. The predicted octanol–water partition coefficient (Wildman–Crippen LogP) is 18.2. The number of aromatic nitrogens is 3. The summed E-state index contributed by atoms with van der Waals surface area (Å²) in [5, 5.41) is 12.2. The topological polar surface area (TPSA) is 30.7 Å². The van der Waals surface area contributed by atoms with Crippen molar-refractivity contribution in [3.63, 3.8) is 0 Å². The molecule has 330 valence electrons. The summed E-state index contributed by atoms with van der Waals surface area (Å²) in [6, 6.07) is 94.2.